The van der Waals surface area contributed by atoms with E-state index in [0.29, 0.717) is 22.7 Å². The molecular weight excluding hydrogens is 232 g/mol. The van der Waals surface area contributed by atoms with Gasteiger partial charge in [-0.15, -0.1) is 0 Å². The van der Waals surface area contributed by atoms with E-state index in [1.165, 1.54) is 0 Å². The zero-order valence-corrected chi connectivity index (χ0v) is 10.9. The fourth-order valence-electron chi connectivity index (χ4n) is 1.81. The van der Waals surface area contributed by atoms with E-state index in [1.54, 1.807) is 24.1 Å². The second kappa shape index (κ2) is 4.76. The highest BCUT2D eigenvalue weighted by atomic mass is 16.7. The third-order valence-corrected chi connectivity index (χ3v) is 3.35. The molecule has 5 heteroatoms. The van der Waals surface area contributed by atoms with Crippen molar-refractivity contribution in [3.05, 3.63) is 17.7 Å². The van der Waals surface area contributed by atoms with E-state index in [-0.39, 0.29) is 18.7 Å². The number of hydrogen-bond donors (Lipinski definition) is 1. The lowest BCUT2D eigenvalue weighted by Crippen LogP contribution is -2.35. The maximum absolute atomic E-state index is 12.3. The van der Waals surface area contributed by atoms with Crippen LogP contribution in [0, 0.1) is 0 Å². The number of nitrogens with zero attached hydrogens (tertiary/aromatic N) is 1. The van der Waals surface area contributed by atoms with Crippen LogP contribution in [0.15, 0.2) is 12.1 Å². The van der Waals surface area contributed by atoms with Gasteiger partial charge in [-0.05, 0) is 19.4 Å². The highest BCUT2D eigenvalue weighted by Crippen LogP contribution is 2.36. The monoisotopic (exact) mass is 250 g/mol. The second-order valence-electron chi connectivity index (χ2n) is 4.47. The zero-order chi connectivity index (χ0) is 13.3. The number of amides is 1. The lowest BCUT2D eigenvalue weighted by atomic mass is 10.1. The third kappa shape index (κ3) is 2.08. The van der Waals surface area contributed by atoms with Gasteiger partial charge in [-0.25, -0.2) is 0 Å². The van der Waals surface area contributed by atoms with Crippen LogP contribution in [0.1, 0.15) is 30.6 Å². The molecular formula is C13H18N2O3. The number of nitrogens with two attached hydrogens (primary N) is 1. The summed E-state index contributed by atoms with van der Waals surface area (Å²) < 4.78 is 10.5. The number of carbonyl (C=O) groups excluding carboxylic acids is 1. The van der Waals surface area contributed by atoms with Crippen molar-refractivity contribution in [2.24, 2.45) is 0 Å². The molecule has 0 aromatic heterocycles. The number of rotatable bonds is 3. The van der Waals surface area contributed by atoms with Crippen molar-refractivity contribution < 1.29 is 14.3 Å². The van der Waals surface area contributed by atoms with Crippen molar-refractivity contribution in [3.8, 4) is 11.5 Å². The molecule has 1 aliphatic heterocycles. The average molecular weight is 250 g/mol. The fourth-order valence-corrected chi connectivity index (χ4v) is 1.81. The maximum Gasteiger partial charge on any atom is 0.256 e. The summed E-state index contributed by atoms with van der Waals surface area (Å²) in [5.74, 6) is 1.07. The van der Waals surface area contributed by atoms with Gasteiger partial charge in [0.2, 0.25) is 6.79 Å². The first-order valence-electron chi connectivity index (χ1n) is 6.00. The summed E-state index contributed by atoms with van der Waals surface area (Å²) in [5.41, 5.74) is 6.77. The Morgan fingerprint density at radius 2 is 2.06 bits per heavy atom. The van der Waals surface area contributed by atoms with E-state index >= 15 is 0 Å². The highest BCUT2D eigenvalue weighted by Gasteiger charge is 2.23. The molecule has 1 aromatic rings. The first-order valence-corrected chi connectivity index (χ1v) is 6.00. The summed E-state index contributed by atoms with van der Waals surface area (Å²) in [6, 6.07) is 3.46. The van der Waals surface area contributed by atoms with Crippen molar-refractivity contribution in [2.75, 3.05) is 19.6 Å². The van der Waals surface area contributed by atoms with Crippen LogP contribution in [0.4, 0.5) is 5.69 Å². The molecule has 0 bridgehead atoms. The molecule has 0 saturated heterocycles. The summed E-state index contributed by atoms with van der Waals surface area (Å²) in [4.78, 5) is 14.0. The Morgan fingerprint density at radius 1 is 1.44 bits per heavy atom. The maximum atomic E-state index is 12.3. The number of fused-ring (bicyclic) bond motifs is 1. The predicted molar refractivity (Wildman–Crippen MR) is 68.8 cm³/mol. The smallest absolute Gasteiger partial charge is 0.256 e. The molecule has 1 aliphatic rings. The third-order valence-electron chi connectivity index (χ3n) is 3.35. The Labute approximate surface area is 106 Å². The van der Waals surface area contributed by atoms with E-state index in [4.69, 9.17) is 15.2 Å². The van der Waals surface area contributed by atoms with Gasteiger partial charge in [-0.2, -0.15) is 0 Å². The molecule has 2 N–H and O–H groups in total. The van der Waals surface area contributed by atoms with Crippen LogP contribution in [-0.4, -0.2) is 30.7 Å². The van der Waals surface area contributed by atoms with Gasteiger partial charge in [-0.1, -0.05) is 6.92 Å². The quantitative estimate of drug-likeness (QED) is 0.832. The molecule has 0 radical (unpaired) electrons. The van der Waals surface area contributed by atoms with Gasteiger partial charge in [0.15, 0.2) is 11.5 Å². The first-order chi connectivity index (χ1) is 8.54. The molecule has 18 heavy (non-hydrogen) atoms. The summed E-state index contributed by atoms with van der Waals surface area (Å²) in [5, 5.41) is 0. The van der Waals surface area contributed by atoms with Gasteiger partial charge >= 0.3 is 0 Å². The molecule has 98 valence electrons. The number of carbonyl (C=O) groups is 1. The van der Waals surface area contributed by atoms with Gasteiger partial charge < -0.3 is 20.1 Å². The molecule has 1 heterocycles. The lowest BCUT2D eigenvalue weighted by Gasteiger charge is -2.24. The summed E-state index contributed by atoms with van der Waals surface area (Å²) in [6.07, 6.45) is 0.896. The summed E-state index contributed by atoms with van der Waals surface area (Å²) in [6.45, 7) is 4.21. The molecule has 1 unspecified atom stereocenters. The number of anilines is 1. The first kappa shape index (κ1) is 12.5. The van der Waals surface area contributed by atoms with Gasteiger partial charge in [0, 0.05) is 24.8 Å². The normalized spacial score (nSPS) is 14.4. The van der Waals surface area contributed by atoms with Gasteiger partial charge in [0.25, 0.3) is 5.91 Å². The van der Waals surface area contributed by atoms with Crippen molar-refractivity contribution in [2.45, 2.75) is 26.3 Å². The molecule has 1 atom stereocenters. The van der Waals surface area contributed by atoms with Crippen LogP contribution < -0.4 is 15.2 Å². The van der Waals surface area contributed by atoms with Crippen LogP contribution in [0.25, 0.3) is 0 Å². The Hall–Kier alpha value is -1.91. The minimum Gasteiger partial charge on any atom is -0.454 e. The molecule has 0 aliphatic carbocycles. The molecule has 5 nitrogen and oxygen atoms in total. The van der Waals surface area contributed by atoms with Gasteiger partial charge in [-0.3, -0.25) is 4.79 Å². The van der Waals surface area contributed by atoms with E-state index < -0.39 is 0 Å². The SMILES string of the molecule is CCC(C)N(C)C(=O)c1cc2c(cc1N)OCO2. The highest BCUT2D eigenvalue weighted by molar-refractivity contribution is 6.00. The minimum absolute atomic E-state index is 0.0971. The van der Waals surface area contributed by atoms with Crippen LogP contribution in [0.3, 0.4) is 0 Å². The molecule has 2 rings (SSSR count). The molecule has 1 amide bonds. The number of benzene rings is 1. The zero-order valence-electron chi connectivity index (χ0n) is 10.9. The topological polar surface area (TPSA) is 64.8 Å². The Bertz CT molecular complexity index is 474. The van der Waals surface area contributed by atoms with Gasteiger partial charge in [0.05, 0.1) is 5.56 Å². The number of hydrogen-bond acceptors (Lipinski definition) is 4. The lowest BCUT2D eigenvalue weighted by molar-refractivity contribution is 0.0741. The Kier molecular flexibility index (Phi) is 3.32. The minimum atomic E-state index is -0.0971. The largest absolute Gasteiger partial charge is 0.454 e. The molecule has 0 spiro atoms. The Balaban J connectivity index is 2.31. The molecule has 0 fully saturated rings. The van der Waals surface area contributed by atoms with Crippen molar-refractivity contribution >= 4 is 11.6 Å². The standard InChI is InChI=1S/C13H18N2O3/c1-4-8(2)15(3)13(16)9-5-11-12(6-10(9)14)18-7-17-11/h5-6,8H,4,7,14H2,1-3H3. The Morgan fingerprint density at radius 3 is 2.67 bits per heavy atom. The number of ether oxygens (including phenoxy) is 2. The summed E-state index contributed by atoms with van der Waals surface area (Å²) >= 11 is 0. The van der Waals surface area contributed by atoms with E-state index in [2.05, 4.69) is 0 Å². The predicted octanol–water partition coefficient (Wildman–Crippen LogP) is 1.87. The molecule has 1 aromatic carbocycles. The molecule has 0 saturated carbocycles. The van der Waals surface area contributed by atoms with Gasteiger partial charge in [0.1, 0.15) is 0 Å². The van der Waals surface area contributed by atoms with E-state index in [9.17, 15) is 4.79 Å². The van der Waals surface area contributed by atoms with E-state index in [1.807, 2.05) is 13.8 Å². The summed E-state index contributed by atoms with van der Waals surface area (Å²) in [7, 11) is 1.78. The van der Waals surface area contributed by atoms with Crippen molar-refractivity contribution in [1.82, 2.24) is 4.90 Å². The van der Waals surface area contributed by atoms with E-state index in [0.717, 1.165) is 6.42 Å². The van der Waals surface area contributed by atoms with Crippen LogP contribution in [-0.2, 0) is 0 Å². The van der Waals surface area contributed by atoms with Crippen LogP contribution >= 0.6 is 0 Å². The van der Waals surface area contributed by atoms with Crippen LogP contribution in [0.2, 0.25) is 0 Å². The second-order valence-corrected chi connectivity index (χ2v) is 4.47. The number of nitrogen functional groups attached to an aromatic ring is 1. The average Bonchev–Trinajstić information content (AvgIpc) is 2.82. The van der Waals surface area contributed by atoms with Crippen molar-refractivity contribution in [1.29, 1.82) is 0 Å². The van der Waals surface area contributed by atoms with Crippen LogP contribution in [0.5, 0.6) is 11.5 Å². The van der Waals surface area contributed by atoms with Crippen molar-refractivity contribution in [3.63, 3.8) is 0 Å². The fraction of sp³-hybridized carbons (Fsp3) is 0.462.